The van der Waals surface area contributed by atoms with Crippen LogP contribution in [0.3, 0.4) is 0 Å². The third-order valence-electron chi connectivity index (χ3n) is 14.3. The number of aliphatic hydroxyl groups is 1. The lowest BCUT2D eigenvalue weighted by atomic mass is 9.45. The van der Waals surface area contributed by atoms with Gasteiger partial charge in [-0.2, -0.15) is 0 Å². The van der Waals surface area contributed by atoms with Gasteiger partial charge >= 0.3 is 6.09 Å². The maximum atomic E-state index is 13.0. The molecule has 2 N–H and O–H groups in total. The maximum absolute atomic E-state index is 13.0. The summed E-state index contributed by atoms with van der Waals surface area (Å²) in [5.41, 5.74) is 2.04. The quantitative estimate of drug-likeness (QED) is 0.169. The summed E-state index contributed by atoms with van der Waals surface area (Å²) in [7, 11) is 3.30. The van der Waals surface area contributed by atoms with Gasteiger partial charge in [0.05, 0.1) is 26.9 Å². The third kappa shape index (κ3) is 7.28. The molecule has 0 aliphatic heterocycles. The van der Waals surface area contributed by atoms with E-state index in [1.54, 1.807) is 14.2 Å². The Bertz CT molecular complexity index is 1680. The lowest BCUT2D eigenvalue weighted by Gasteiger charge is -2.60. The van der Waals surface area contributed by atoms with Gasteiger partial charge < -0.3 is 29.4 Å². The number of alkyl carbamates (subject to hydrolysis) is 1. The van der Waals surface area contributed by atoms with Gasteiger partial charge in [-0.1, -0.05) is 68.4 Å². The molecule has 0 heterocycles. The van der Waals surface area contributed by atoms with E-state index < -0.39 is 17.8 Å². The van der Waals surface area contributed by atoms with Crippen molar-refractivity contribution in [2.24, 2.45) is 34.5 Å². The first-order valence-corrected chi connectivity index (χ1v) is 20.2. The molecule has 8 heteroatoms. The van der Waals surface area contributed by atoms with Crippen LogP contribution < -0.4 is 14.8 Å². The number of methoxy groups -OCH3 is 2. The predicted octanol–water partition coefficient (Wildman–Crippen LogP) is 8.86. The van der Waals surface area contributed by atoms with Crippen molar-refractivity contribution in [2.45, 2.75) is 102 Å². The fraction of sp³-hybridized carbons (Fsp3) is 0.565. The number of benzene rings is 3. The van der Waals surface area contributed by atoms with Crippen molar-refractivity contribution in [2.75, 3.05) is 27.4 Å². The number of ketones is 1. The molecule has 4 aliphatic carbocycles. The van der Waals surface area contributed by atoms with Gasteiger partial charge in [0.2, 0.25) is 0 Å². The Balaban J connectivity index is 0.922. The highest BCUT2D eigenvalue weighted by Gasteiger charge is 2.60. The summed E-state index contributed by atoms with van der Waals surface area (Å²) in [5, 5.41) is 14.0. The number of hydrogen-bond donors (Lipinski definition) is 2. The van der Waals surface area contributed by atoms with Crippen LogP contribution in [-0.2, 0) is 19.9 Å². The summed E-state index contributed by atoms with van der Waals surface area (Å²) in [6.45, 7) is 5.33. The highest BCUT2D eigenvalue weighted by Crippen LogP contribution is 2.65. The van der Waals surface area contributed by atoms with Gasteiger partial charge in [-0.15, -0.1) is 0 Å². The van der Waals surface area contributed by atoms with Crippen LogP contribution in [-0.4, -0.2) is 56.6 Å². The van der Waals surface area contributed by atoms with E-state index in [1.807, 2.05) is 66.7 Å². The number of fused-ring (bicyclic) bond motifs is 5. The third-order valence-corrected chi connectivity index (χ3v) is 14.3. The number of Topliss-reactive ketones (excluding diaryl/α,β-unsaturated/α-hetero) is 1. The van der Waals surface area contributed by atoms with E-state index in [1.165, 1.54) is 6.42 Å². The summed E-state index contributed by atoms with van der Waals surface area (Å²) >= 11 is 0. The Morgan fingerprint density at radius 1 is 0.815 bits per heavy atom. The zero-order valence-electron chi connectivity index (χ0n) is 32.6. The van der Waals surface area contributed by atoms with E-state index in [0.717, 1.165) is 79.6 Å². The maximum Gasteiger partial charge on any atom is 0.407 e. The summed E-state index contributed by atoms with van der Waals surface area (Å²) in [6.07, 6.45) is 8.90. The number of rotatable bonds is 13. The minimum atomic E-state index is -0.954. The Morgan fingerprint density at radius 3 is 2.11 bits per heavy atom. The van der Waals surface area contributed by atoms with Gasteiger partial charge in [-0.3, -0.25) is 4.79 Å². The van der Waals surface area contributed by atoms with Crippen LogP contribution in [0, 0.1) is 34.5 Å². The first kappa shape index (κ1) is 38.4. The van der Waals surface area contributed by atoms with E-state index in [9.17, 15) is 14.7 Å². The standard InChI is InChI=1S/C46H59NO7/c1-44-26-22-38(30-34(44)14-19-39-40-20-21-42(49)45(40,2)27-23-41(39)44)54-43(50)47-28-24-35(48)25-29-53-46(31-8-6-5-7-9-31,32-10-15-36(51-3)16-11-32)33-12-17-37(52-4)18-13-33/h5-13,15-18,34-35,38-41,48H,14,19-30H2,1-4H3,(H,47,50)/t34?,35?,38-,39?,40?,41?,44-,45-/m1/s1. The minimum Gasteiger partial charge on any atom is -0.497 e. The number of carbonyl (C=O) groups excluding carboxylic acids is 2. The molecule has 4 saturated carbocycles. The van der Waals surface area contributed by atoms with Gasteiger partial charge in [0.25, 0.3) is 0 Å². The van der Waals surface area contributed by atoms with Gasteiger partial charge in [-0.05, 0) is 134 Å². The Hall–Kier alpha value is -3.88. The van der Waals surface area contributed by atoms with Gasteiger partial charge in [0.1, 0.15) is 29.0 Å². The molecule has 3 aromatic carbocycles. The van der Waals surface area contributed by atoms with E-state index in [-0.39, 0.29) is 23.5 Å². The fourth-order valence-electron chi connectivity index (χ4n) is 11.2. The first-order chi connectivity index (χ1) is 26.1. The second-order valence-corrected chi connectivity index (χ2v) is 16.9. The minimum absolute atomic E-state index is 0.0816. The molecule has 5 unspecified atom stereocenters. The zero-order chi connectivity index (χ0) is 37.9. The number of nitrogens with one attached hydrogen (secondary N) is 1. The number of ether oxygens (including phenoxy) is 4. The number of hydrogen-bond acceptors (Lipinski definition) is 7. The fourth-order valence-corrected chi connectivity index (χ4v) is 11.2. The van der Waals surface area contributed by atoms with Gasteiger partial charge in [-0.25, -0.2) is 4.79 Å². The molecule has 4 aliphatic rings. The highest BCUT2D eigenvalue weighted by atomic mass is 16.6. The van der Waals surface area contributed by atoms with Crippen molar-refractivity contribution in [3.63, 3.8) is 0 Å². The number of aliphatic hydroxyl groups excluding tert-OH is 1. The molecular weight excluding hydrogens is 679 g/mol. The summed E-state index contributed by atoms with van der Waals surface area (Å²) < 4.78 is 23.8. The Morgan fingerprint density at radius 2 is 1.46 bits per heavy atom. The van der Waals surface area contributed by atoms with Crippen LogP contribution in [0.4, 0.5) is 4.79 Å². The average Bonchev–Trinajstić information content (AvgIpc) is 3.50. The zero-order valence-corrected chi connectivity index (χ0v) is 32.6. The van der Waals surface area contributed by atoms with Crippen LogP contribution >= 0.6 is 0 Å². The lowest BCUT2D eigenvalue weighted by molar-refractivity contribution is -0.142. The van der Waals surface area contributed by atoms with Crippen LogP contribution in [0.1, 0.15) is 101 Å². The smallest absolute Gasteiger partial charge is 0.407 e. The SMILES string of the molecule is COc1ccc(C(OCCC(O)CCNC(=O)O[C@@H]2CC[C@]3(C)C(CCC4C3CC[C@@]3(C)C(=O)CCC43)C2)(c2ccccc2)c2ccc(OC)cc2)cc1. The average molecular weight is 738 g/mol. The predicted molar refractivity (Wildman–Crippen MR) is 209 cm³/mol. The van der Waals surface area contributed by atoms with Crippen molar-refractivity contribution in [3.05, 3.63) is 95.6 Å². The summed E-state index contributed by atoms with van der Waals surface area (Å²) in [4.78, 5) is 25.8. The van der Waals surface area contributed by atoms with Crippen molar-refractivity contribution in [1.82, 2.24) is 5.32 Å². The Labute approximate surface area is 321 Å². The second-order valence-electron chi connectivity index (χ2n) is 16.9. The molecule has 1 amide bonds. The van der Waals surface area contributed by atoms with Crippen LogP contribution in [0.15, 0.2) is 78.9 Å². The van der Waals surface area contributed by atoms with Crippen molar-refractivity contribution in [3.8, 4) is 11.5 Å². The van der Waals surface area contributed by atoms with E-state index in [0.29, 0.717) is 48.8 Å². The molecule has 54 heavy (non-hydrogen) atoms. The molecule has 8 atom stereocenters. The summed E-state index contributed by atoms with van der Waals surface area (Å²) in [5.74, 6) is 4.44. The van der Waals surface area contributed by atoms with Gasteiger partial charge in [0.15, 0.2) is 0 Å². The van der Waals surface area contributed by atoms with Crippen molar-refractivity contribution < 1.29 is 33.6 Å². The molecule has 3 aromatic rings. The topological polar surface area (TPSA) is 103 Å². The summed E-state index contributed by atoms with van der Waals surface area (Å²) in [6, 6.07) is 25.9. The number of amides is 1. The van der Waals surface area contributed by atoms with Crippen LogP contribution in [0.25, 0.3) is 0 Å². The molecule has 8 nitrogen and oxygen atoms in total. The molecular formula is C46H59NO7. The van der Waals surface area contributed by atoms with Crippen LogP contribution in [0.2, 0.25) is 0 Å². The molecule has 0 spiro atoms. The molecule has 0 saturated heterocycles. The lowest BCUT2D eigenvalue weighted by Crippen LogP contribution is -2.54. The highest BCUT2D eigenvalue weighted by molar-refractivity contribution is 5.87. The second kappa shape index (κ2) is 16.1. The van der Waals surface area contributed by atoms with Gasteiger partial charge in [0, 0.05) is 18.4 Å². The molecule has 4 fully saturated rings. The molecule has 0 aromatic heterocycles. The van der Waals surface area contributed by atoms with E-state index in [2.05, 4.69) is 31.3 Å². The normalized spacial score (nSPS) is 29.6. The molecule has 0 bridgehead atoms. The van der Waals surface area contributed by atoms with Crippen LogP contribution in [0.5, 0.6) is 11.5 Å². The Kier molecular flexibility index (Phi) is 11.4. The molecule has 7 rings (SSSR count). The monoisotopic (exact) mass is 737 g/mol. The largest absolute Gasteiger partial charge is 0.497 e. The molecule has 0 radical (unpaired) electrons. The van der Waals surface area contributed by atoms with Crippen molar-refractivity contribution >= 4 is 11.9 Å². The van der Waals surface area contributed by atoms with Crippen molar-refractivity contribution in [1.29, 1.82) is 0 Å². The first-order valence-electron chi connectivity index (χ1n) is 20.2. The van der Waals surface area contributed by atoms with E-state index in [4.69, 9.17) is 18.9 Å². The van der Waals surface area contributed by atoms with E-state index >= 15 is 0 Å². The number of carbonyl (C=O) groups is 2. The molecule has 290 valence electrons.